The van der Waals surface area contributed by atoms with Crippen molar-refractivity contribution in [2.45, 2.75) is 75.4 Å². The van der Waals surface area contributed by atoms with Gasteiger partial charge < -0.3 is 16.4 Å². The normalized spacial score (nSPS) is 28.8. The summed E-state index contributed by atoms with van der Waals surface area (Å²) in [6.07, 6.45) is 9.91. The molecule has 3 aliphatic rings. The number of amides is 1. The molecule has 4 N–H and O–H groups in total. The number of sulfonamides is 1. The van der Waals surface area contributed by atoms with Crippen LogP contribution in [0.2, 0.25) is 5.02 Å². The van der Waals surface area contributed by atoms with Gasteiger partial charge in [0.15, 0.2) is 0 Å². The van der Waals surface area contributed by atoms with Crippen molar-refractivity contribution < 1.29 is 22.0 Å². The van der Waals surface area contributed by atoms with E-state index in [1.165, 1.54) is 24.4 Å². The second-order valence-corrected chi connectivity index (χ2v) is 14.5. The van der Waals surface area contributed by atoms with Crippen LogP contribution in [0, 0.1) is 23.5 Å². The first-order chi connectivity index (χ1) is 20.1. The van der Waals surface area contributed by atoms with E-state index in [1.54, 1.807) is 10.4 Å². The lowest BCUT2D eigenvalue weighted by Crippen LogP contribution is -2.57. The number of carbonyl (C=O) groups is 1. The van der Waals surface area contributed by atoms with Gasteiger partial charge in [-0.05, 0) is 73.3 Å². The Morgan fingerprint density at radius 1 is 1.10 bits per heavy atom. The van der Waals surface area contributed by atoms with Crippen molar-refractivity contribution in [1.82, 2.24) is 19.9 Å². The number of aromatic nitrogens is 1. The topological polar surface area (TPSA) is 117 Å². The van der Waals surface area contributed by atoms with Gasteiger partial charge in [-0.2, -0.15) is 4.31 Å². The zero-order valence-electron chi connectivity index (χ0n) is 23.7. The molecule has 5 rings (SSSR count). The molecule has 1 aromatic carbocycles. The van der Waals surface area contributed by atoms with Crippen molar-refractivity contribution in [3.63, 3.8) is 0 Å². The Hall–Kier alpha value is -2.18. The van der Waals surface area contributed by atoms with E-state index in [1.807, 2.05) is 0 Å². The number of carbonyl (C=O) groups excluding carboxylic acids is 1. The zero-order valence-corrected chi connectivity index (χ0v) is 25.2. The van der Waals surface area contributed by atoms with Crippen LogP contribution in [0.25, 0.3) is 0 Å². The molecule has 3 fully saturated rings. The molecule has 12 heteroatoms. The Morgan fingerprint density at radius 2 is 1.88 bits per heavy atom. The highest BCUT2D eigenvalue weighted by molar-refractivity contribution is 7.89. The van der Waals surface area contributed by atoms with E-state index >= 15 is 0 Å². The number of nitrogens with one attached hydrogen (secondary N) is 2. The molecule has 1 unspecified atom stereocenters. The molecular weight excluding hydrogens is 584 g/mol. The molecule has 3 heterocycles. The molecule has 2 aromatic rings. The number of hydrogen-bond acceptors (Lipinski definition) is 6. The predicted octanol–water partition coefficient (Wildman–Crippen LogP) is 3.94. The molecule has 0 spiro atoms. The van der Waals surface area contributed by atoms with Crippen LogP contribution < -0.4 is 16.4 Å². The van der Waals surface area contributed by atoms with E-state index in [4.69, 9.17) is 17.3 Å². The molecule has 1 saturated carbocycles. The SMILES string of the molecule is N[C@H](C(=O)NC[C@H]1CCCC[C@@H]1CC[C@H]1CN[C@@H]2CCCS(=O)(=O)N1C2)[C@H](c1cncc(F)c1)c1ccc(Cl)c(F)c1. The van der Waals surface area contributed by atoms with Crippen molar-refractivity contribution in [3.05, 3.63) is 64.4 Å². The summed E-state index contributed by atoms with van der Waals surface area (Å²) in [5.41, 5.74) is 7.23. The summed E-state index contributed by atoms with van der Waals surface area (Å²) in [5.74, 6) is -1.67. The number of hydrogen-bond donors (Lipinski definition) is 3. The zero-order chi connectivity index (χ0) is 29.9. The minimum atomic E-state index is -3.24. The third-order valence-corrected chi connectivity index (χ3v) is 11.6. The molecule has 2 bridgehead atoms. The van der Waals surface area contributed by atoms with E-state index in [0.29, 0.717) is 43.1 Å². The first kappa shape index (κ1) is 31.3. The number of nitrogens with zero attached hydrogens (tertiary/aromatic N) is 2. The Morgan fingerprint density at radius 3 is 2.64 bits per heavy atom. The largest absolute Gasteiger partial charge is 0.354 e. The minimum absolute atomic E-state index is 0.0460. The van der Waals surface area contributed by atoms with Crippen molar-refractivity contribution in [2.75, 3.05) is 25.4 Å². The second kappa shape index (κ2) is 13.6. The van der Waals surface area contributed by atoms with E-state index < -0.39 is 39.5 Å². The Kier molecular flexibility index (Phi) is 10.1. The number of nitrogens with two attached hydrogens (primary N) is 1. The quantitative estimate of drug-likeness (QED) is 0.390. The molecule has 230 valence electrons. The summed E-state index contributed by atoms with van der Waals surface area (Å²) in [4.78, 5) is 17.3. The summed E-state index contributed by atoms with van der Waals surface area (Å²) >= 11 is 5.88. The Labute approximate surface area is 251 Å². The summed E-state index contributed by atoms with van der Waals surface area (Å²) < 4.78 is 56.0. The van der Waals surface area contributed by atoms with Gasteiger partial charge in [0, 0.05) is 43.8 Å². The Balaban J connectivity index is 1.24. The fourth-order valence-corrected chi connectivity index (χ4v) is 8.92. The molecule has 8 nitrogen and oxygen atoms in total. The van der Waals surface area contributed by atoms with Gasteiger partial charge in [0.2, 0.25) is 15.9 Å². The van der Waals surface area contributed by atoms with Crippen molar-refractivity contribution in [3.8, 4) is 0 Å². The fourth-order valence-electron chi connectivity index (χ4n) is 7.00. The lowest BCUT2D eigenvalue weighted by atomic mass is 9.76. The maximum Gasteiger partial charge on any atom is 0.237 e. The highest BCUT2D eigenvalue weighted by atomic mass is 35.5. The average Bonchev–Trinajstić information content (AvgIpc) is 3.08. The number of halogens is 3. The van der Waals surface area contributed by atoms with Gasteiger partial charge in [0.25, 0.3) is 0 Å². The van der Waals surface area contributed by atoms with Crippen LogP contribution in [0.5, 0.6) is 0 Å². The first-order valence-corrected chi connectivity index (χ1v) is 16.9. The lowest BCUT2D eigenvalue weighted by molar-refractivity contribution is -0.123. The van der Waals surface area contributed by atoms with Crippen LogP contribution in [-0.2, 0) is 14.8 Å². The van der Waals surface area contributed by atoms with Gasteiger partial charge in [-0.3, -0.25) is 9.78 Å². The van der Waals surface area contributed by atoms with Crippen molar-refractivity contribution >= 4 is 27.5 Å². The standard InChI is InChI=1S/C30H40ClF2N5O3S/c31-26-10-8-20(13-27(26)33)28(22-12-23(32)16-35-14-22)29(34)30(39)37-15-21-5-2-1-4-19(21)7-9-25-17-36-24-6-3-11-42(40,41)38(25)18-24/h8,10,12-14,16,19,21,24-25,28-29,36H,1-7,9,11,15,17-18,34H2,(H,37,39)/t19-,21-,24-,25+,28+,29+/m1/s1. The molecule has 7 atom stereocenters. The van der Waals surface area contributed by atoms with E-state index in [9.17, 15) is 22.0 Å². The number of rotatable bonds is 9. The van der Waals surface area contributed by atoms with Crippen LogP contribution in [0.3, 0.4) is 0 Å². The summed E-state index contributed by atoms with van der Waals surface area (Å²) in [5, 5.41) is 6.50. The third kappa shape index (κ3) is 7.30. The van der Waals surface area contributed by atoms with Gasteiger partial charge in [0.1, 0.15) is 11.6 Å². The van der Waals surface area contributed by atoms with Crippen LogP contribution in [0.4, 0.5) is 8.78 Å². The summed E-state index contributed by atoms with van der Waals surface area (Å²) in [6.45, 7) is 1.66. The van der Waals surface area contributed by atoms with Gasteiger partial charge >= 0.3 is 0 Å². The monoisotopic (exact) mass is 623 g/mol. The van der Waals surface area contributed by atoms with Crippen molar-refractivity contribution in [1.29, 1.82) is 0 Å². The van der Waals surface area contributed by atoms with E-state index in [2.05, 4.69) is 15.6 Å². The molecule has 42 heavy (non-hydrogen) atoms. The molecular formula is C30H40ClF2N5O3S. The summed E-state index contributed by atoms with van der Waals surface area (Å²) in [7, 11) is -3.24. The van der Waals surface area contributed by atoms with Gasteiger partial charge in [-0.15, -0.1) is 0 Å². The number of pyridine rings is 1. The van der Waals surface area contributed by atoms with E-state index in [-0.39, 0.29) is 28.8 Å². The van der Waals surface area contributed by atoms with Gasteiger partial charge in [-0.25, -0.2) is 17.2 Å². The fraction of sp³-hybridized carbons (Fsp3) is 0.600. The van der Waals surface area contributed by atoms with Crippen molar-refractivity contribution in [2.24, 2.45) is 17.6 Å². The minimum Gasteiger partial charge on any atom is -0.354 e. The first-order valence-electron chi connectivity index (χ1n) is 14.9. The maximum absolute atomic E-state index is 14.4. The number of piperazine rings is 1. The number of fused-ring (bicyclic) bond motifs is 2. The van der Waals surface area contributed by atoms with Crippen LogP contribution in [0.1, 0.15) is 68.4 Å². The molecule has 1 amide bonds. The van der Waals surface area contributed by atoms with Gasteiger partial charge in [0.05, 0.1) is 23.0 Å². The third-order valence-electron chi connectivity index (χ3n) is 9.29. The number of benzene rings is 1. The maximum atomic E-state index is 14.4. The summed E-state index contributed by atoms with van der Waals surface area (Å²) in [6, 6.07) is 4.51. The Bertz CT molecular complexity index is 1370. The second-order valence-electron chi connectivity index (χ2n) is 12.0. The van der Waals surface area contributed by atoms with Gasteiger partial charge in [-0.1, -0.05) is 36.9 Å². The molecule has 0 radical (unpaired) electrons. The smallest absolute Gasteiger partial charge is 0.237 e. The highest BCUT2D eigenvalue weighted by Crippen LogP contribution is 2.35. The average molecular weight is 624 g/mol. The molecule has 1 aliphatic carbocycles. The van der Waals surface area contributed by atoms with Crippen LogP contribution in [0.15, 0.2) is 36.7 Å². The van der Waals surface area contributed by atoms with E-state index in [0.717, 1.165) is 51.1 Å². The predicted molar refractivity (Wildman–Crippen MR) is 158 cm³/mol. The molecule has 2 aliphatic heterocycles. The highest BCUT2D eigenvalue weighted by Gasteiger charge is 2.39. The van der Waals surface area contributed by atoms with Crippen LogP contribution in [-0.4, -0.2) is 67.1 Å². The molecule has 1 aromatic heterocycles. The molecule has 2 saturated heterocycles. The van der Waals surface area contributed by atoms with Crippen LogP contribution >= 0.6 is 11.6 Å². The lowest BCUT2D eigenvalue weighted by Gasteiger charge is -2.39.